The second-order valence-corrected chi connectivity index (χ2v) is 1.34. The average Bonchev–Trinajstić information content (AvgIpc) is 0.722. The summed E-state index contributed by atoms with van der Waals surface area (Å²) in [7, 11) is -4.67. The summed E-state index contributed by atoms with van der Waals surface area (Å²) in [5, 5.41) is 0. The minimum Gasteiger partial charge on any atom is -0.412 e. The Balaban J connectivity index is -0.00000000800. The van der Waals surface area contributed by atoms with Gasteiger partial charge in [0, 0.05) is 17.1 Å². The average molecular weight is 234 g/mol. The second-order valence-electron chi connectivity index (χ2n) is 0.448. The Morgan fingerprint density at radius 3 is 0.800 bits per heavy atom. The predicted octanol–water partition coefficient (Wildman–Crippen LogP) is -3.95. The van der Waals surface area contributed by atoms with Crippen molar-refractivity contribution < 1.29 is 56.5 Å². The molecule has 8 nitrogen and oxygen atoms in total. The SMILES string of the molecule is O.O.O.O.O=S(=O)(O)O.[Cu]. The molecule has 0 bridgehead atoms. The van der Waals surface area contributed by atoms with Crippen LogP contribution in [0.5, 0.6) is 0 Å². The summed E-state index contributed by atoms with van der Waals surface area (Å²) >= 11 is 0. The molecule has 1 radical (unpaired) electrons. The molecule has 0 amide bonds. The predicted molar refractivity (Wildman–Crippen MR) is 28.6 cm³/mol. The Kier molecular flexibility index (Phi) is 78.5. The molecule has 0 saturated heterocycles. The second kappa shape index (κ2) is 16.1. The van der Waals surface area contributed by atoms with Crippen LogP contribution in [0.1, 0.15) is 0 Å². The maximum atomic E-state index is 8.74. The molecular weight excluding hydrogens is 224 g/mol. The van der Waals surface area contributed by atoms with E-state index in [0.717, 1.165) is 0 Å². The van der Waals surface area contributed by atoms with Gasteiger partial charge in [-0.2, -0.15) is 8.42 Å². The maximum Gasteiger partial charge on any atom is 0.394 e. The molecule has 0 aromatic carbocycles. The number of hydrogen-bond acceptors (Lipinski definition) is 2. The van der Waals surface area contributed by atoms with Gasteiger partial charge in [0.1, 0.15) is 0 Å². The third kappa shape index (κ3) is 8170. The molecule has 75 valence electrons. The van der Waals surface area contributed by atoms with Crippen molar-refractivity contribution in [1.29, 1.82) is 0 Å². The van der Waals surface area contributed by atoms with Gasteiger partial charge in [-0.25, -0.2) is 0 Å². The summed E-state index contributed by atoms with van der Waals surface area (Å²) in [5.74, 6) is 0. The quantitative estimate of drug-likeness (QED) is 0.317. The van der Waals surface area contributed by atoms with Crippen molar-refractivity contribution >= 4 is 10.4 Å². The maximum absolute atomic E-state index is 8.74. The fraction of sp³-hybridized carbons (Fsp3) is 0. The molecule has 0 aromatic heterocycles. The summed E-state index contributed by atoms with van der Waals surface area (Å²) < 4.78 is 31.6. The third-order valence-electron chi connectivity index (χ3n) is 0. The smallest absolute Gasteiger partial charge is 0.394 e. The van der Waals surface area contributed by atoms with Crippen molar-refractivity contribution in [3.05, 3.63) is 0 Å². The van der Waals surface area contributed by atoms with Crippen LogP contribution in [0.3, 0.4) is 0 Å². The van der Waals surface area contributed by atoms with Crippen LogP contribution < -0.4 is 0 Å². The van der Waals surface area contributed by atoms with Crippen molar-refractivity contribution in [1.82, 2.24) is 0 Å². The van der Waals surface area contributed by atoms with E-state index in [-0.39, 0.29) is 39.0 Å². The molecular formula is H10CuO8S. The first-order chi connectivity index (χ1) is 2.00. The fourth-order valence-electron chi connectivity index (χ4n) is 0. The number of hydrogen-bond donors (Lipinski definition) is 2. The Morgan fingerprint density at radius 1 is 0.800 bits per heavy atom. The Labute approximate surface area is 67.5 Å². The Morgan fingerprint density at radius 2 is 0.800 bits per heavy atom. The van der Waals surface area contributed by atoms with Gasteiger partial charge in [-0.3, -0.25) is 9.11 Å². The van der Waals surface area contributed by atoms with Gasteiger partial charge in [0.2, 0.25) is 0 Å². The van der Waals surface area contributed by atoms with E-state index in [4.69, 9.17) is 17.5 Å². The molecule has 0 rings (SSSR count). The molecule has 0 aromatic rings. The van der Waals surface area contributed by atoms with E-state index in [1.165, 1.54) is 0 Å². The van der Waals surface area contributed by atoms with Crippen molar-refractivity contribution in [3.63, 3.8) is 0 Å². The van der Waals surface area contributed by atoms with Crippen LogP contribution in [0.25, 0.3) is 0 Å². The first-order valence-electron chi connectivity index (χ1n) is 0.698. The summed E-state index contributed by atoms with van der Waals surface area (Å²) in [4.78, 5) is 0. The molecule has 0 atom stereocenters. The minimum atomic E-state index is -4.67. The van der Waals surface area contributed by atoms with Gasteiger partial charge < -0.3 is 21.9 Å². The molecule has 10 heteroatoms. The summed E-state index contributed by atoms with van der Waals surface area (Å²) in [5.41, 5.74) is 0. The Hall–Kier alpha value is 0.229. The minimum absolute atomic E-state index is 0. The monoisotopic (exact) mass is 233 g/mol. The topological polar surface area (TPSA) is 201 Å². The van der Waals surface area contributed by atoms with Gasteiger partial charge in [0.25, 0.3) is 0 Å². The first kappa shape index (κ1) is 48.7. The summed E-state index contributed by atoms with van der Waals surface area (Å²) in [6, 6.07) is 0. The van der Waals surface area contributed by atoms with Gasteiger partial charge in [-0.05, 0) is 0 Å². The molecule has 0 aliphatic rings. The van der Waals surface area contributed by atoms with E-state index >= 15 is 0 Å². The van der Waals surface area contributed by atoms with Crippen LogP contribution in [0.4, 0.5) is 0 Å². The van der Waals surface area contributed by atoms with Gasteiger partial charge >= 0.3 is 10.4 Å². The van der Waals surface area contributed by atoms with Gasteiger partial charge in [-0.15, -0.1) is 0 Å². The molecule has 0 aliphatic carbocycles. The van der Waals surface area contributed by atoms with E-state index in [1.54, 1.807) is 0 Å². The van der Waals surface area contributed by atoms with Crippen LogP contribution in [0, 0.1) is 0 Å². The van der Waals surface area contributed by atoms with E-state index < -0.39 is 10.4 Å². The van der Waals surface area contributed by atoms with E-state index in [9.17, 15) is 0 Å². The summed E-state index contributed by atoms with van der Waals surface area (Å²) in [6.45, 7) is 0. The molecule has 10 N–H and O–H groups in total. The normalized spacial score (nSPS) is 5.80. The van der Waals surface area contributed by atoms with Crippen LogP contribution >= 0.6 is 0 Å². The molecule has 0 saturated carbocycles. The van der Waals surface area contributed by atoms with Crippen LogP contribution in [0.2, 0.25) is 0 Å². The summed E-state index contributed by atoms with van der Waals surface area (Å²) in [6.07, 6.45) is 0. The molecule has 0 fully saturated rings. The molecule has 10 heavy (non-hydrogen) atoms. The zero-order valence-corrected chi connectivity index (χ0v) is 6.18. The zero-order chi connectivity index (χ0) is 4.50. The standard InChI is InChI=1S/Cu.H2O4S.4H2O/c;1-5(2,3)4;;;;/h;(H2,1,2,3,4);4*1H2. The van der Waals surface area contributed by atoms with E-state index in [0.29, 0.717) is 0 Å². The first-order valence-corrected chi connectivity index (χ1v) is 2.10. The fourth-order valence-corrected chi connectivity index (χ4v) is 0. The van der Waals surface area contributed by atoms with Crippen LogP contribution in [0.15, 0.2) is 0 Å². The Bertz CT molecular complexity index is 92.4. The van der Waals surface area contributed by atoms with Crippen molar-refractivity contribution in [2.24, 2.45) is 0 Å². The van der Waals surface area contributed by atoms with Gasteiger partial charge in [-0.1, -0.05) is 0 Å². The molecule has 0 unspecified atom stereocenters. The molecule has 0 aliphatic heterocycles. The largest absolute Gasteiger partial charge is 0.412 e. The van der Waals surface area contributed by atoms with Crippen molar-refractivity contribution in [2.75, 3.05) is 0 Å². The number of rotatable bonds is 0. The zero-order valence-electron chi connectivity index (χ0n) is 4.42. The van der Waals surface area contributed by atoms with Crippen LogP contribution in [-0.2, 0) is 27.5 Å². The van der Waals surface area contributed by atoms with Crippen molar-refractivity contribution in [3.8, 4) is 0 Å². The van der Waals surface area contributed by atoms with Gasteiger partial charge in [0.15, 0.2) is 0 Å². The van der Waals surface area contributed by atoms with Crippen LogP contribution in [-0.4, -0.2) is 39.4 Å². The van der Waals surface area contributed by atoms with Crippen molar-refractivity contribution in [2.45, 2.75) is 0 Å². The molecule has 0 spiro atoms. The third-order valence-corrected chi connectivity index (χ3v) is 0. The van der Waals surface area contributed by atoms with E-state index in [2.05, 4.69) is 0 Å². The molecule has 0 heterocycles. The van der Waals surface area contributed by atoms with Gasteiger partial charge in [0.05, 0.1) is 0 Å². The van der Waals surface area contributed by atoms with E-state index in [1.807, 2.05) is 0 Å².